The van der Waals surface area contributed by atoms with Crippen molar-refractivity contribution in [3.63, 3.8) is 0 Å². The van der Waals surface area contributed by atoms with E-state index in [4.69, 9.17) is 19.4 Å². The minimum Gasteiger partial charge on any atom is -0.383 e. The van der Waals surface area contributed by atoms with Crippen molar-refractivity contribution in [1.82, 2.24) is 20.3 Å². The third-order valence-electron chi connectivity index (χ3n) is 6.35. The lowest BCUT2D eigenvalue weighted by atomic mass is 10.1. The van der Waals surface area contributed by atoms with Crippen LogP contribution in [0.25, 0.3) is 22.3 Å². The summed E-state index contributed by atoms with van der Waals surface area (Å²) in [6.07, 6.45) is 5.51. The van der Waals surface area contributed by atoms with E-state index in [1.807, 2.05) is 50.5 Å². The number of nitrogens with one attached hydrogen (secondary N) is 2. The molecule has 9 nitrogen and oxygen atoms in total. The average molecular weight is 481 g/mol. The number of rotatable bonds is 7. The summed E-state index contributed by atoms with van der Waals surface area (Å²) in [5, 5.41) is 4.25. The van der Waals surface area contributed by atoms with Gasteiger partial charge >= 0.3 is 0 Å². The predicted octanol–water partition coefficient (Wildman–Crippen LogP) is 3.22. The van der Waals surface area contributed by atoms with Crippen molar-refractivity contribution in [3.05, 3.63) is 36.7 Å². The average Bonchev–Trinajstić information content (AvgIpc) is 3.39. The summed E-state index contributed by atoms with van der Waals surface area (Å²) >= 11 is 0. The molecule has 9 heteroatoms. The first-order chi connectivity index (χ1) is 17.2. The topological polar surface area (TPSA) is 95.6 Å². The number of carbonyl (C=O) groups excluding carboxylic acids is 1. The molecule has 5 rings (SSSR count). The van der Waals surface area contributed by atoms with E-state index < -0.39 is 0 Å². The van der Waals surface area contributed by atoms with Gasteiger partial charge in [0.15, 0.2) is 11.6 Å². The monoisotopic (exact) mass is 480 g/mol. The Balaban J connectivity index is 0.00000141. The van der Waals surface area contributed by atoms with E-state index in [2.05, 4.69) is 20.1 Å². The van der Waals surface area contributed by atoms with E-state index in [-0.39, 0.29) is 11.9 Å². The first kappa shape index (κ1) is 24.9. The highest BCUT2D eigenvalue weighted by Crippen LogP contribution is 2.34. The van der Waals surface area contributed by atoms with Crippen LogP contribution in [-0.4, -0.2) is 80.0 Å². The fraction of sp³-hybridized carbons (Fsp3) is 0.500. The van der Waals surface area contributed by atoms with Gasteiger partial charge in [-0.1, -0.05) is 26.0 Å². The highest BCUT2D eigenvalue weighted by atomic mass is 16.5. The fourth-order valence-electron chi connectivity index (χ4n) is 4.57. The maximum absolute atomic E-state index is 12.8. The third-order valence-corrected chi connectivity index (χ3v) is 6.35. The Labute approximate surface area is 206 Å². The van der Waals surface area contributed by atoms with Crippen LogP contribution in [0.4, 0.5) is 11.5 Å². The molecular formula is C26H36N6O3. The van der Waals surface area contributed by atoms with Gasteiger partial charge in [0, 0.05) is 68.7 Å². The molecule has 0 saturated carbocycles. The van der Waals surface area contributed by atoms with Gasteiger partial charge < -0.3 is 29.6 Å². The Morgan fingerprint density at radius 2 is 2.00 bits per heavy atom. The number of ether oxygens (including phenoxy) is 2. The SMILES string of the molecule is CC.COCCN1CCN(CC(=O)NC2CCOCC2)c2cnc(-c3cccc4[nH]ccc34)nc21. The van der Waals surface area contributed by atoms with E-state index in [0.29, 0.717) is 32.2 Å². The molecule has 0 aliphatic carbocycles. The molecule has 0 radical (unpaired) electrons. The Bertz CT molecular complexity index is 1110. The van der Waals surface area contributed by atoms with E-state index in [1.54, 1.807) is 7.11 Å². The molecule has 2 aliphatic heterocycles. The molecule has 2 aliphatic rings. The molecule has 0 spiro atoms. The standard InChI is InChI=1S/C24H30N6O3.C2H6/c1-32-14-11-29-9-10-30(16-22(31)27-17-6-12-33-13-7-17)21-15-26-23(28-24(21)29)19-3-2-4-20-18(19)5-8-25-20;1-2/h2-5,8,15,17,25H,6-7,9-14,16H2,1H3,(H,27,31);1-2H3. The van der Waals surface area contributed by atoms with Gasteiger partial charge in [0.2, 0.25) is 5.91 Å². The number of aromatic nitrogens is 3. The van der Waals surface area contributed by atoms with Crippen LogP contribution in [0.5, 0.6) is 0 Å². The number of hydrogen-bond acceptors (Lipinski definition) is 7. The second-order valence-corrected chi connectivity index (χ2v) is 8.50. The smallest absolute Gasteiger partial charge is 0.239 e. The van der Waals surface area contributed by atoms with Gasteiger partial charge in [-0.05, 0) is 25.0 Å². The van der Waals surface area contributed by atoms with Crippen LogP contribution in [0.3, 0.4) is 0 Å². The summed E-state index contributed by atoms with van der Waals surface area (Å²) in [4.78, 5) is 30.0. The van der Waals surface area contributed by atoms with Crippen molar-refractivity contribution in [2.45, 2.75) is 32.7 Å². The maximum atomic E-state index is 12.8. The van der Waals surface area contributed by atoms with Crippen molar-refractivity contribution in [3.8, 4) is 11.4 Å². The Morgan fingerprint density at radius 3 is 2.80 bits per heavy atom. The molecule has 3 aromatic rings. The van der Waals surface area contributed by atoms with Gasteiger partial charge in [-0.3, -0.25) is 4.79 Å². The lowest BCUT2D eigenvalue weighted by Crippen LogP contribution is -2.49. The highest BCUT2D eigenvalue weighted by molar-refractivity contribution is 5.94. The van der Waals surface area contributed by atoms with Crippen LogP contribution >= 0.6 is 0 Å². The van der Waals surface area contributed by atoms with Crippen molar-refractivity contribution >= 4 is 28.3 Å². The summed E-state index contributed by atoms with van der Waals surface area (Å²) in [5.74, 6) is 1.55. The number of carbonyl (C=O) groups is 1. The van der Waals surface area contributed by atoms with Crippen LogP contribution in [0.2, 0.25) is 0 Å². The number of H-pyrrole nitrogens is 1. The van der Waals surface area contributed by atoms with Gasteiger partial charge in [0.1, 0.15) is 0 Å². The summed E-state index contributed by atoms with van der Waals surface area (Å²) in [6, 6.07) is 8.32. The molecule has 0 bridgehead atoms. The molecule has 0 atom stereocenters. The van der Waals surface area contributed by atoms with Gasteiger partial charge in [-0.2, -0.15) is 0 Å². The van der Waals surface area contributed by atoms with Gasteiger partial charge in [0.05, 0.1) is 25.0 Å². The summed E-state index contributed by atoms with van der Waals surface area (Å²) in [5.41, 5.74) is 2.92. The zero-order valence-electron chi connectivity index (χ0n) is 20.9. The molecule has 1 fully saturated rings. The molecule has 4 heterocycles. The van der Waals surface area contributed by atoms with Crippen molar-refractivity contribution in [2.75, 3.05) is 62.9 Å². The number of aromatic amines is 1. The molecule has 1 aromatic carbocycles. The third kappa shape index (κ3) is 5.74. The first-order valence-corrected chi connectivity index (χ1v) is 12.5. The molecule has 1 amide bonds. The highest BCUT2D eigenvalue weighted by Gasteiger charge is 2.27. The summed E-state index contributed by atoms with van der Waals surface area (Å²) in [6.45, 7) is 8.54. The van der Waals surface area contributed by atoms with Gasteiger partial charge in [-0.25, -0.2) is 9.97 Å². The number of anilines is 2. The number of hydrogen-bond donors (Lipinski definition) is 2. The molecule has 35 heavy (non-hydrogen) atoms. The van der Waals surface area contributed by atoms with Crippen molar-refractivity contribution in [1.29, 1.82) is 0 Å². The van der Waals surface area contributed by atoms with E-state index in [9.17, 15) is 4.79 Å². The number of fused-ring (bicyclic) bond motifs is 2. The van der Waals surface area contributed by atoms with E-state index in [1.165, 1.54) is 0 Å². The predicted molar refractivity (Wildman–Crippen MR) is 139 cm³/mol. The Morgan fingerprint density at radius 1 is 1.20 bits per heavy atom. The van der Waals surface area contributed by atoms with Crippen LogP contribution in [-0.2, 0) is 14.3 Å². The van der Waals surface area contributed by atoms with Gasteiger partial charge in [-0.15, -0.1) is 0 Å². The minimum absolute atomic E-state index is 0.0272. The van der Waals surface area contributed by atoms with Gasteiger partial charge in [0.25, 0.3) is 0 Å². The van der Waals surface area contributed by atoms with Crippen LogP contribution in [0.15, 0.2) is 36.7 Å². The number of methoxy groups -OCH3 is 1. The summed E-state index contributed by atoms with van der Waals surface area (Å²) < 4.78 is 10.7. The van der Waals surface area contributed by atoms with Crippen molar-refractivity contribution < 1.29 is 14.3 Å². The number of benzene rings is 1. The quantitative estimate of drug-likeness (QED) is 0.536. The molecule has 2 N–H and O–H groups in total. The normalized spacial score (nSPS) is 16.0. The summed E-state index contributed by atoms with van der Waals surface area (Å²) in [7, 11) is 1.70. The van der Waals surface area contributed by atoms with Crippen LogP contribution in [0.1, 0.15) is 26.7 Å². The maximum Gasteiger partial charge on any atom is 0.239 e. The zero-order chi connectivity index (χ0) is 24.6. The zero-order valence-corrected chi connectivity index (χ0v) is 20.9. The second kappa shape index (κ2) is 12.0. The lowest BCUT2D eigenvalue weighted by Gasteiger charge is -2.37. The van der Waals surface area contributed by atoms with Crippen LogP contribution < -0.4 is 15.1 Å². The molecule has 0 unspecified atom stereocenters. The molecular weight excluding hydrogens is 444 g/mol. The second-order valence-electron chi connectivity index (χ2n) is 8.50. The molecule has 1 saturated heterocycles. The number of nitrogens with zero attached hydrogens (tertiary/aromatic N) is 4. The molecule has 188 valence electrons. The lowest BCUT2D eigenvalue weighted by molar-refractivity contribution is -0.121. The van der Waals surface area contributed by atoms with Crippen LogP contribution in [0, 0.1) is 0 Å². The minimum atomic E-state index is 0.0272. The van der Waals surface area contributed by atoms with Crippen molar-refractivity contribution in [2.24, 2.45) is 0 Å². The van der Waals surface area contributed by atoms with E-state index >= 15 is 0 Å². The Kier molecular flexibility index (Phi) is 8.54. The first-order valence-electron chi connectivity index (χ1n) is 12.5. The number of amides is 1. The van der Waals surface area contributed by atoms with E-state index in [0.717, 1.165) is 60.4 Å². The Hall–Kier alpha value is -3.17. The fourth-order valence-corrected chi connectivity index (χ4v) is 4.57. The molecule has 2 aromatic heterocycles. The largest absolute Gasteiger partial charge is 0.383 e.